The second-order valence-electron chi connectivity index (χ2n) is 4.41. The van der Waals surface area contributed by atoms with E-state index in [4.69, 9.17) is 5.11 Å². The number of rotatable bonds is 3. The first kappa shape index (κ1) is 14.5. The Balaban J connectivity index is 2.15. The molecule has 1 amide bonds. The molecule has 1 atom stereocenters. The summed E-state index contributed by atoms with van der Waals surface area (Å²) in [5, 5.41) is 11.9. The lowest BCUT2D eigenvalue weighted by molar-refractivity contribution is 0.0936. The first-order valence-electron chi connectivity index (χ1n) is 6.02. The molecule has 0 bridgehead atoms. The highest BCUT2D eigenvalue weighted by Crippen LogP contribution is 2.19. The van der Waals surface area contributed by atoms with Gasteiger partial charge in [-0.1, -0.05) is 28.1 Å². The maximum absolute atomic E-state index is 13.6. The molecule has 104 valence electrons. The summed E-state index contributed by atoms with van der Waals surface area (Å²) in [4.78, 5) is 12.0. The zero-order valence-electron chi connectivity index (χ0n) is 10.7. The van der Waals surface area contributed by atoms with Crippen molar-refractivity contribution in [2.24, 2.45) is 0 Å². The fraction of sp³-hybridized carbons (Fsp3) is 0.133. The van der Waals surface area contributed by atoms with Crippen molar-refractivity contribution in [3.63, 3.8) is 0 Å². The standard InChI is InChI=1S/C15H13BrFNO2/c1-9(10-3-2-4-11(16)7-10)18-15(20)13-6-5-12(19)8-14(13)17/h2-9,19H,1H3,(H,18,20). The van der Waals surface area contributed by atoms with Crippen LogP contribution in [0.4, 0.5) is 4.39 Å². The lowest BCUT2D eigenvalue weighted by Gasteiger charge is -2.15. The maximum Gasteiger partial charge on any atom is 0.254 e. The van der Waals surface area contributed by atoms with Crippen molar-refractivity contribution in [2.45, 2.75) is 13.0 Å². The van der Waals surface area contributed by atoms with E-state index in [1.807, 2.05) is 31.2 Å². The highest BCUT2D eigenvalue weighted by molar-refractivity contribution is 9.10. The van der Waals surface area contributed by atoms with Gasteiger partial charge in [0.15, 0.2) is 0 Å². The molecule has 2 N–H and O–H groups in total. The van der Waals surface area contributed by atoms with E-state index in [1.165, 1.54) is 12.1 Å². The molecule has 5 heteroatoms. The third-order valence-corrected chi connectivity index (χ3v) is 3.39. The quantitative estimate of drug-likeness (QED) is 0.895. The Morgan fingerprint density at radius 1 is 1.30 bits per heavy atom. The molecule has 0 aliphatic heterocycles. The second kappa shape index (κ2) is 6.05. The van der Waals surface area contributed by atoms with E-state index in [1.54, 1.807) is 0 Å². The number of phenolic OH excluding ortho intramolecular Hbond substituents is 1. The number of carbonyl (C=O) groups is 1. The zero-order chi connectivity index (χ0) is 14.7. The van der Waals surface area contributed by atoms with Crippen LogP contribution in [0, 0.1) is 5.82 Å². The number of hydrogen-bond donors (Lipinski definition) is 2. The summed E-state index contributed by atoms with van der Waals surface area (Å²) >= 11 is 3.36. The number of hydrogen-bond acceptors (Lipinski definition) is 2. The third-order valence-electron chi connectivity index (χ3n) is 2.89. The number of phenols is 1. The summed E-state index contributed by atoms with van der Waals surface area (Å²) in [6, 6.07) is 10.7. The minimum atomic E-state index is -0.746. The second-order valence-corrected chi connectivity index (χ2v) is 5.33. The number of amides is 1. The highest BCUT2D eigenvalue weighted by Gasteiger charge is 2.15. The van der Waals surface area contributed by atoms with Gasteiger partial charge in [0, 0.05) is 10.5 Å². The summed E-state index contributed by atoms with van der Waals surface area (Å²) in [6.45, 7) is 1.82. The van der Waals surface area contributed by atoms with Crippen molar-refractivity contribution in [1.29, 1.82) is 0 Å². The first-order valence-corrected chi connectivity index (χ1v) is 6.81. The molecule has 20 heavy (non-hydrogen) atoms. The lowest BCUT2D eigenvalue weighted by Crippen LogP contribution is -2.27. The fourth-order valence-corrected chi connectivity index (χ4v) is 2.24. The van der Waals surface area contributed by atoms with E-state index >= 15 is 0 Å². The van der Waals surface area contributed by atoms with Gasteiger partial charge in [-0.05, 0) is 36.8 Å². The van der Waals surface area contributed by atoms with Crippen LogP contribution in [0.5, 0.6) is 5.75 Å². The predicted molar refractivity (Wildman–Crippen MR) is 78.1 cm³/mol. The molecule has 0 aliphatic rings. The fourth-order valence-electron chi connectivity index (χ4n) is 1.82. The SMILES string of the molecule is CC(NC(=O)c1ccc(O)cc1F)c1cccc(Br)c1. The molecule has 2 aromatic rings. The summed E-state index contributed by atoms with van der Waals surface area (Å²) in [7, 11) is 0. The average molecular weight is 338 g/mol. The van der Waals surface area contributed by atoms with Crippen LogP contribution in [0.2, 0.25) is 0 Å². The van der Waals surface area contributed by atoms with Gasteiger partial charge in [0.25, 0.3) is 5.91 Å². The van der Waals surface area contributed by atoms with Crippen LogP contribution < -0.4 is 5.32 Å². The molecule has 0 saturated carbocycles. The molecule has 2 aromatic carbocycles. The predicted octanol–water partition coefficient (Wildman–Crippen LogP) is 3.78. The van der Waals surface area contributed by atoms with E-state index in [0.29, 0.717) is 0 Å². The largest absolute Gasteiger partial charge is 0.508 e. The average Bonchev–Trinajstić information content (AvgIpc) is 2.38. The van der Waals surface area contributed by atoms with Gasteiger partial charge in [-0.25, -0.2) is 4.39 Å². The summed E-state index contributed by atoms with van der Waals surface area (Å²) in [5.74, 6) is -1.47. The molecule has 0 fully saturated rings. The first-order chi connectivity index (χ1) is 9.47. The molecule has 0 radical (unpaired) electrons. The third kappa shape index (κ3) is 3.36. The van der Waals surface area contributed by atoms with Gasteiger partial charge in [0.05, 0.1) is 11.6 Å². The highest BCUT2D eigenvalue weighted by atomic mass is 79.9. The Kier molecular flexibility index (Phi) is 4.39. The Morgan fingerprint density at radius 3 is 2.70 bits per heavy atom. The van der Waals surface area contributed by atoms with E-state index in [9.17, 15) is 9.18 Å². The lowest BCUT2D eigenvalue weighted by atomic mass is 10.1. The van der Waals surface area contributed by atoms with Crippen LogP contribution in [0.1, 0.15) is 28.9 Å². The number of carbonyl (C=O) groups excluding carboxylic acids is 1. The minimum Gasteiger partial charge on any atom is -0.508 e. The molecule has 0 aliphatic carbocycles. The number of nitrogens with one attached hydrogen (secondary N) is 1. The molecule has 0 heterocycles. The van der Waals surface area contributed by atoms with Gasteiger partial charge in [0.2, 0.25) is 0 Å². The Hall–Kier alpha value is -1.88. The van der Waals surface area contributed by atoms with Gasteiger partial charge in [-0.2, -0.15) is 0 Å². The molecule has 3 nitrogen and oxygen atoms in total. The maximum atomic E-state index is 13.6. The van der Waals surface area contributed by atoms with E-state index in [-0.39, 0.29) is 17.4 Å². The summed E-state index contributed by atoms with van der Waals surface area (Å²) in [6.07, 6.45) is 0. The Morgan fingerprint density at radius 2 is 2.05 bits per heavy atom. The van der Waals surface area contributed by atoms with Crippen molar-refractivity contribution in [1.82, 2.24) is 5.32 Å². The Bertz CT molecular complexity index is 646. The van der Waals surface area contributed by atoms with Crippen LogP contribution in [0.3, 0.4) is 0 Å². The van der Waals surface area contributed by atoms with Crippen LogP contribution in [-0.4, -0.2) is 11.0 Å². The van der Waals surface area contributed by atoms with Gasteiger partial charge in [-0.15, -0.1) is 0 Å². The zero-order valence-corrected chi connectivity index (χ0v) is 12.3. The molecular formula is C15H13BrFNO2. The van der Waals surface area contributed by atoms with Gasteiger partial charge >= 0.3 is 0 Å². The van der Waals surface area contributed by atoms with Crippen molar-refractivity contribution in [2.75, 3.05) is 0 Å². The summed E-state index contributed by atoms with van der Waals surface area (Å²) in [5.41, 5.74) is 0.816. The molecule has 0 spiro atoms. The Labute approximate surface area is 124 Å². The number of benzene rings is 2. The number of halogens is 2. The topological polar surface area (TPSA) is 49.3 Å². The van der Waals surface area contributed by atoms with Gasteiger partial charge in [-0.3, -0.25) is 4.79 Å². The van der Waals surface area contributed by atoms with Gasteiger partial charge < -0.3 is 10.4 Å². The van der Waals surface area contributed by atoms with Crippen LogP contribution in [0.25, 0.3) is 0 Å². The molecule has 0 saturated heterocycles. The van der Waals surface area contributed by atoms with Crippen LogP contribution in [-0.2, 0) is 0 Å². The molecule has 2 rings (SSSR count). The monoisotopic (exact) mass is 337 g/mol. The molecular weight excluding hydrogens is 325 g/mol. The van der Waals surface area contributed by atoms with E-state index in [2.05, 4.69) is 21.2 Å². The van der Waals surface area contributed by atoms with Crippen molar-refractivity contribution in [3.8, 4) is 5.75 Å². The smallest absolute Gasteiger partial charge is 0.254 e. The van der Waals surface area contributed by atoms with E-state index in [0.717, 1.165) is 16.1 Å². The molecule has 0 aromatic heterocycles. The number of aromatic hydroxyl groups is 1. The van der Waals surface area contributed by atoms with Gasteiger partial charge in [0.1, 0.15) is 11.6 Å². The van der Waals surface area contributed by atoms with Crippen LogP contribution in [0.15, 0.2) is 46.9 Å². The minimum absolute atomic E-state index is 0.0929. The normalized spacial score (nSPS) is 11.9. The van der Waals surface area contributed by atoms with Crippen molar-refractivity contribution < 1.29 is 14.3 Å². The van der Waals surface area contributed by atoms with Crippen molar-refractivity contribution in [3.05, 3.63) is 63.9 Å². The summed E-state index contributed by atoms with van der Waals surface area (Å²) < 4.78 is 14.5. The molecule has 1 unspecified atom stereocenters. The van der Waals surface area contributed by atoms with Crippen LogP contribution >= 0.6 is 15.9 Å². The van der Waals surface area contributed by atoms with E-state index < -0.39 is 11.7 Å². The van der Waals surface area contributed by atoms with Crippen molar-refractivity contribution >= 4 is 21.8 Å².